The molecule has 0 aromatic carbocycles. The topological polar surface area (TPSA) is 54.5 Å². The third-order valence-electron chi connectivity index (χ3n) is 3.37. The second-order valence-electron chi connectivity index (χ2n) is 4.74. The average Bonchev–Trinajstić information content (AvgIpc) is 2.91. The van der Waals surface area contributed by atoms with E-state index in [0.29, 0.717) is 13.0 Å². The molecule has 0 radical (unpaired) electrons. The summed E-state index contributed by atoms with van der Waals surface area (Å²) in [6.07, 6.45) is 0.509. The molecule has 1 aliphatic heterocycles. The molecule has 1 aromatic heterocycles. The van der Waals surface area contributed by atoms with Crippen LogP contribution in [0.3, 0.4) is 0 Å². The number of rotatable bonds is 4. The fraction of sp³-hybridized carbons (Fsp3) is 0.583. The largest absolute Gasteiger partial charge is 0.332 e. The standard InChI is InChI=1S/C12H16ClNO3S2/c1-9-2-4-18-11(9)7-14(12(15)6-13)10-3-5-19(16,17)8-10/h2,4,10H,3,5-8H2,1H3. The van der Waals surface area contributed by atoms with E-state index in [4.69, 9.17) is 11.6 Å². The Morgan fingerprint density at radius 2 is 2.32 bits per heavy atom. The van der Waals surface area contributed by atoms with Gasteiger partial charge in [0, 0.05) is 10.9 Å². The summed E-state index contributed by atoms with van der Waals surface area (Å²) >= 11 is 7.22. The van der Waals surface area contributed by atoms with Crippen LogP contribution in [0.4, 0.5) is 0 Å². The van der Waals surface area contributed by atoms with Crippen molar-refractivity contribution in [3.63, 3.8) is 0 Å². The molecular formula is C12H16ClNO3S2. The molecule has 1 aromatic rings. The minimum atomic E-state index is -3.00. The van der Waals surface area contributed by atoms with Crippen LogP contribution >= 0.6 is 22.9 Å². The molecular weight excluding hydrogens is 306 g/mol. The molecule has 2 rings (SSSR count). The highest BCUT2D eigenvalue weighted by atomic mass is 35.5. The molecule has 2 heterocycles. The van der Waals surface area contributed by atoms with E-state index in [1.54, 1.807) is 16.2 Å². The van der Waals surface area contributed by atoms with Gasteiger partial charge in [-0.05, 0) is 30.4 Å². The van der Waals surface area contributed by atoms with Crippen LogP contribution < -0.4 is 0 Å². The Morgan fingerprint density at radius 1 is 1.58 bits per heavy atom. The summed E-state index contributed by atoms with van der Waals surface area (Å²) in [5.41, 5.74) is 1.12. The van der Waals surface area contributed by atoms with E-state index in [2.05, 4.69) is 0 Å². The fourth-order valence-corrected chi connectivity index (χ4v) is 5.03. The molecule has 0 bridgehead atoms. The Bertz CT molecular complexity index is 567. The number of carbonyl (C=O) groups excluding carboxylic acids is 1. The molecule has 19 heavy (non-hydrogen) atoms. The van der Waals surface area contributed by atoms with Crippen LogP contribution in [0.25, 0.3) is 0 Å². The van der Waals surface area contributed by atoms with Crippen LogP contribution in [0.15, 0.2) is 11.4 Å². The number of hydrogen-bond donors (Lipinski definition) is 0. The normalized spacial score (nSPS) is 21.5. The van der Waals surface area contributed by atoms with Gasteiger partial charge in [0.05, 0.1) is 18.1 Å². The second kappa shape index (κ2) is 5.81. The molecule has 1 saturated heterocycles. The Balaban J connectivity index is 2.18. The number of thiophene rings is 1. The molecule has 1 atom stereocenters. The van der Waals surface area contributed by atoms with E-state index in [1.165, 1.54) is 0 Å². The fourth-order valence-electron chi connectivity index (χ4n) is 2.24. The van der Waals surface area contributed by atoms with Crippen molar-refractivity contribution in [1.82, 2.24) is 4.90 Å². The maximum atomic E-state index is 12.0. The molecule has 1 unspecified atom stereocenters. The summed E-state index contributed by atoms with van der Waals surface area (Å²) in [5, 5.41) is 1.97. The molecule has 7 heteroatoms. The maximum absolute atomic E-state index is 12.0. The van der Waals surface area contributed by atoms with Crippen LogP contribution in [-0.4, -0.2) is 42.7 Å². The summed E-state index contributed by atoms with van der Waals surface area (Å²) in [6.45, 7) is 2.44. The highest BCUT2D eigenvalue weighted by Gasteiger charge is 2.34. The summed E-state index contributed by atoms with van der Waals surface area (Å²) in [4.78, 5) is 14.7. The van der Waals surface area contributed by atoms with Crippen molar-refractivity contribution in [2.75, 3.05) is 17.4 Å². The molecule has 4 nitrogen and oxygen atoms in total. The van der Waals surface area contributed by atoms with Gasteiger partial charge in [-0.15, -0.1) is 22.9 Å². The first-order chi connectivity index (χ1) is 8.93. The molecule has 0 saturated carbocycles. The zero-order chi connectivity index (χ0) is 14.0. The van der Waals surface area contributed by atoms with Gasteiger partial charge < -0.3 is 4.90 Å². The van der Waals surface area contributed by atoms with E-state index in [-0.39, 0.29) is 29.3 Å². The smallest absolute Gasteiger partial charge is 0.238 e. The lowest BCUT2D eigenvalue weighted by molar-refractivity contribution is -0.130. The van der Waals surface area contributed by atoms with Gasteiger partial charge in [0.1, 0.15) is 5.88 Å². The third kappa shape index (κ3) is 3.49. The molecule has 0 N–H and O–H groups in total. The van der Waals surface area contributed by atoms with Crippen molar-refractivity contribution in [2.45, 2.75) is 25.9 Å². The van der Waals surface area contributed by atoms with Crippen molar-refractivity contribution in [1.29, 1.82) is 0 Å². The van der Waals surface area contributed by atoms with Gasteiger partial charge in [0.2, 0.25) is 5.91 Å². The van der Waals surface area contributed by atoms with Crippen LogP contribution in [0.1, 0.15) is 16.9 Å². The highest BCUT2D eigenvalue weighted by molar-refractivity contribution is 7.91. The molecule has 1 amide bonds. The molecule has 0 spiro atoms. The first-order valence-electron chi connectivity index (χ1n) is 6.02. The van der Waals surface area contributed by atoms with Crippen molar-refractivity contribution in [3.8, 4) is 0 Å². The number of hydrogen-bond acceptors (Lipinski definition) is 4. The van der Waals surface area contributed by atoms with Crippen molar-refractivity contribution < 1.29 is 13.2 Å². The number of halogens is 1. The van der Waals surface area contributed by atoms with Gasteiger partial charge in [0.15, 0.2) is 9.84 Å². The minimum absolute atomic E-state index is 0.0556. The second-order valence-corrected chi connectivity index (χ2v) is 8.24. The number of alkyl halides is 1. The van der Waals surface area contributed by atoms with Gasteiger partial charge in [-0.25, -0.2) is 8.42 Å². The molecule has 1 fully saturated rings. The van der Waals surface area contributed by atoms with Crippen molar-refractivity contribution >= 4 is 38.7 Å². The van der Waals surface area contributed by atoms with E-state index in [1.807, 2.05) is 18.4 Å². The molecule has 1 aliphatic rings. The van der Waals surface area contributed by atoms with E-state index < -0.39 is 9.84 Å². The van der Waals surface area contributed by atoms with E-state index in [9.17, 15) is 13.2 Å². The monoisotopic (exact) mass is 321 g/mol. The van der Waals surface area contributed by atoms with Gasteiger partial charge >= 0.3 is 0 Å². The Morgan fingerprint density at radius 3 is 2.79 bits per heavy atom. The quantitative estimate of drug-likeness (QED) is 0.795. The predicted octanol–water partition coefficient (Wildman–Crippen LogP) is 1.81. The zero-order valence-corrected chi connectivity index (χ0v) is 13.0. The summed E-state index contributed by atoms with van der Waals surface area (Å²) in [6, 6.07) is 1.76. The van der Waals surface area contributed by atoms with Gasteiger partial charge in [-0.1, -0.05) is 0 Å². The first-order valence-corrected chi connectivity index (χ1v) is 9.25. The number of sulfone groups is 1. The summed E-state index contributed by atoms with van der Waals surface area (Å²) in [7, 11) is -3.00. The van der Waals surface area contributed by atoms with Gasteiger partial charge in [-0.3, -0.25) is 4.79 Å². The summed E-state index contributed by atoms with van der Waals surface area (Å²) < 4.78 is 23.1. The average molecular weight is 322 g/mol. The SMILES string of the molecule is Cc1ccsc1CN(C(=O)CCl)C1CCS(=O)(=O)C1. The third-order valence-corrected chi connectivity index (χ3v) is 6.35. The number of amides is 1. The Hall–Kier alpha value is -0.590. The number of aryl methyl sites for hydroxylation is 1. The van der Waals surface area contributed by atoms with Gasteiger partial charge in [-0.2, -0.15) is 0 Å². The highest BCUT2D eigenvalue weighted by Crippen LogP contribution is 2.24. The predicted molar refractivity (Wildman–Crippen MR) is 77.4 cm³/mol. The lowest BCUT2D eigenvalue weighted by atomic mass is 10.2. The number of nitrogens with zero attached hydrogens (tertiary/aromatic N) is 1. The van der Waals surface area contributed by atoms with Crippen LogP contribution in [-0.2, 0) is 21.2 Å². The zero-order valence-electron chi connectivity index (χ0n) is 10.6. The van der Waals surface area contributed by atoms with Crippen LogP contribution in [0, 0.1) is 6.92 Å². The van der Waals surface area contributed by atoms with E-state index >= 15 is 0 Å². The number of carbonyl (C=O) groups is 1. The summed E-state index contributed by atoms with van der Waals surface area (Å²) in [5.74, 6) is -0.0923. The maximum Gasteiger partial charge on any atom is 0.238 e. The van der Waals surface area contributed by atoms with Crippen LogP contribution in [0.2, 0.25) is 0 Å². The van der Waals surface area contributed by atoms with Crippen molar-refractivity contribution in [3.05, 3.63) is 21.9 Å². The van der Waals surface area contributed by atoms with E-state index in [0.717, 1.165) is 10.4 Å². The van der Waals surface area contributed by atoms with Crippen molar-refractivity contribution in [2.24, 2.45) is 0 Å². The minimum Gasteiger partial charge on any atom is -0.332 e. The molecule has 106 valence electrons. The lowest BCUT2D eigenvalue weighted by Gasteiger charge is -2.27. The lowest BCUT2D eigenvalue weighted by Crippen LogP contribution is -2.41. The Kier molecular flexibility index (Phi) is 4.53. The van der Waals surface area contributed by atoms with Crippen LogP contribution in [0.5, 0.6) is 0 Å². The Labute approximate surface area is 122 Å². The van der Waals surface area contributed by atoms with Gasteiger partial charge in [0.25, 0.3) is 0 Å². The molecule has 0 aliphatic carbocycles. The first kappa shape index (κ1) is 14.8.